The van der Waals surface area contributed by atoms with Crippen LogP contribution in [-0.4, -0.2) is 42.0 Å². The van der Waals surface area contributed by atoms with E-state index in [2.05, 4.69) is 30.7 Å². The molecule has 35 heavy (non-hydrogen) atoms. The smallest absolute Gasteiger partial charge is 0.251 e. The highest BCUT2D eigenvalue weighted by Crippen LogP contribution is 2.26. The van der Waals surface area contributed by atoms with E-state index in [0.717, 1.165) is 16.8 Å². The number of benzene rings is 1. The molecule has 9 heteroatoms. The maximum absolute atomic E-state index is 12.8. The Hall–Kier alpha value is -4.50. The number of amides is 1. The van der Waals surface area contributed by atoms with Crippen molar-refractivity contribution in [2.75, 3.05) is 6.54 Å². The second kappa shape index (κ2) is 9.78. The number of aromatic nitrogens is 6. The van der Waals surface area contributed by atoms with Crippen LogP contribution in [0.2, 0.25) is 0 Å². The Morgan fingerprint density at radius 2 is 1.74 bits per heavy atom. The van der Waals surface area contributed by atoms with Crippen LogP contribution in [0.3, 0.4) is 0 Å². The van der Waals surface area contributed by atoms with Gasteiger partial charge in [-0.15, -0.1) is 0 Å². The van der Waals surface area contributed by atoms with Gasteiger partial charge in [0, 0.05) is 54.2 Å². The minimum absolute atomic E-state index is 0.189. The molecular weight excluding hydrogens is 440 g/mol. The first-order valence-electron chi connectivity index (χ1n) is 11.2. The Balaban J connectivity index is 1.49. The topological polar surface area (TPSA) is 110 Å². The number of hydrogen-bond acceptors (Lipinski definition) is 7. The number of pyridine rings is 1. The van der Waals surface area contributed by atoms with Gasteiger partial charge < -0.3 is 5.32 Å². The van der Waals surface area contributed by atoms with Crippen molar-refractivity contribution in [3.8, 4) is 11.3 Å². The summed E-state index contributed by atoms with van der Waals surface area (Å²) in [5.74, 6) is 0.458. The van der Waals surface area contributed by atoms with Crippen LogP contribution in [0.4, 0.5) is 0 Å². The van der Waals surface area contributed by atoms with Crippen molar-refractivity contribution in [2.24, 2.45) is 0 Å². The zero-order valence-corrected chi connectivity index (χ0v) is 19.2. The van der Waals surface area contributed by atoms with E-state index in [-0.39, 0.29) is 5.91 Å². The minimum atomic E-state index is -0.716. The quantitative estimate of drug-likeness (QED) is 0.363. The summed E-state index contributed by atoms with van der Waals surface area (Å²) in [7, 11) is 0. The third-order valence-electron chi connectivity index (χ3n) is 5.83. The Bertz CT molecular complexity index is 1420. The minimum Gasteiger partial charge on any atom is -0.350 e. The van der Waals surface area contributed by atoms with Crippen LogP contribution in [0.25, 0.3) is 16.9 Å². The number of carbonyl (C=O) groups is 1. The number of rotatable bonds is 8. The zero-order chi connectivity index (χ0) is 24.1. The van der Waals surface area contributed by atoms with Gasteiger partial charge in [0.05, 0.1) is 24.0 Å². The Morgan fingerprint density at radius 1 is 0.971 bits per heavy atom. The third kappa shape index (κ3) is 4.90. The lowest BCUT2D eigenvalue weighted by Gasteiger charge is -2.30. The van der Waals surface area contributed by atoms with Crippen LogP contribution >= 0.6 is 0 Å². The van der Waals surface area contributed by atoms with E-state index in [0.29, 0.717) is 30.1 Å². The SMILES string of the molecule is C[C@](CNC(=O)c1ccncc1)(NCc1ncccn1)c1cnn2ccc(-c3ccccc3)nc12. The Morgan fingerprint density at radius 3 is 2.51 bits per heavy atom. The highest BCUT2D eigenvalue weighted by Gasteiger charge is 2.31. The number of nitrogens with one attached hydrogen (secondary N) is 2. The summed E-state index contributed by atoms with van der Waals surface area (Å²) in [5.41, 5.74) is 3.23. The summed E-state index contributed by atoms with van der Waals surface area (Å²) in [6, 6.07) is 17.1. The fourth-order valence-electron chi connectivity index (χ4n) is 3.84. The molecule has 0 aliphatic heterocycles. The summed E-state index contributed by atoms with van der Waals surface area (Å²) in [5, 5.41) is 11.1. The molecule has 0 bridgehead atoms. The van der Waals surface area contributed by atoms with Gasteiger partial charge in [-0.05, 0) is 31.2 Å². The molecule has 5 rings (SSSR count). The Labute approximate surface area is 202 Å². The normalized spacial score (nSPS) is 12.8. The highest BCUT2D eigenvalue weighted by atomic mass is 16.1. The summed E-state index contributed by atoms with van der Waals surface area (Å²) < 4.78 is 1.74. The van der Waals surface area contributed by atoms with Crippen molar-refractivity contribution >= 4 is 11.6 Å². The summed E-state index contributed by atoms with van der Waals surface area (Å²) >= 11 is 0. The number of nitrogens with zero attached hydrogens (tertiary/aromatic N) is 6. The molecule has 1 amide bonds. The monoisotopic (exact) mass is 464 g/mol. The van der Waals surface area contributed by atoms with Crippen molar-refractivity contribution in [2.45, 2.75) is 19.0 Å². The molecule has 1 aromatic carbocycles. The van der Waals surface area contributed by atoms with Crippen molar-refractivity contribution in [3.63, 3.8) is 0 Å². The van der Waals surface area contributed by atoms with Gasteiger partial charge in [-0.1, -0.05) is 30.3 Å². The van der Waals surface area contributed by atoms with E-state index in [1.165, 1.54) is 0 Å². The van der Waals surface area contributed by atoms with Gasteiger partial charge in [-0.25, -0.2) is 19.5 Å². The number of carbonyl (C=O) groups excluding carboxylic acids is 1. The maximum Gasteiger partial charge on any atom is 0.251 e. The molecule has 174 valence electrons. The van der Waals surface area contributed by atoms with Crippen LogP contribution in [0.5, 0.6) is 0 Å². The van der Waals surface area contributed by atoms with E-state index in [1.54, 1.807) is 53.7 Å². The molecular formula is C26H24N8O. The van der Waals surface area contributed by atoms with Crippen molar-refractivity contribution in [3.05, 3.63) is 109 Å². The predicted octanol–water partition coefficient (Wildman–Crippen LogP) is 3.02. The molecule has 2 N–H and O–H groups in total. The van der Waals surface area contributed by atoms with Gasteiger partial charge in [0.1, 0.15) is 5.82 Å². The molecule has 1 atom stereocenters. The van der Waals surface area contributed by atoms with Gasteiger partial charge in [-0.3, -0.25) is 15.1 Å². The lowest BCUT2D eigenvalue weighted by atomic mass is 9.93. The molecule has 5 aromatic rings. The summed E-state index contributed by atoms with van der Waals surface area (Å²) in [6.07, 6.45) is 10.3. The summed E-state index contributed by atoms with van der Waals surface area (Å²) in [6.45, 7) is 2.70. The van der Waals surface area contributed by atoms with Gasteiger partial charge in [0.2, 0.25) is 0 Å². The molecule has 0 radical (unpaired) electrons. The molecule has 4 heterocycles. The fourth-order valence-corrected chi connectivity index (χ4v) is 3.84. The van der Waals surface area contributed by atoms with Gasteiger partial charge in [0.25, 0.3) is 5.91 Å². The van der Waals surface area contributed by atoms with Crippen LogP contribution in [-0.2, 0) is 12.1 Å². The molecule has 0 unspecified atom stereocenters. The molecule has 0 aliphatic rings. The summed E-state index contributed by atoms with van der Waals surface area (Å²) in [4.78, 5) is 30.3. The first-order valence-corrected chi connectivity index (χ1v) is 11.2. The van der Waals surface area contributed by atoms with Crippen LogP contribution in [0, 0.1) is 0 Å². The highest BCUT2D eigenvalue weighted by molar-refractivity contribution is 5.94. The largest absolute Gasteiger partial charge is 0.350 e. The van der Waals surface area contributed by atoms with Gasteiger partial charge in [-0.2, -0.15) is 5.10 Å². The van der Waals surface area contributed by atoms with E-state index < -0.39 is 5.54 Å². The van der Waals surface area contributed by atoms with Crippen molar-refractivity contribution < 1.29 is 4.79 Å². The van der Waals surface area contributed by atoms with Crippen molar-refractivity contribution in [1.29, 1.82) is 0 Å². The van der Waals surface area contributed by atoms with E-state index in [9.17, 15) is 4.79 Å². The van der Waals surface area contributed by atoms with Gasteiger partial charge >= 0.3 is 0 Å². The van der Waals surface area contributed by atoms with Crippen LogP contribution < -0.4 is 10.6 Å². The number of hydrogen-bond donors (Lipinski definition) is 2. The van der Waals surface area contributed by atoms with Crippen LogP contribution in [0.1, 0.15) is 28.7 Å². The molecule has 9 nitrogen and oxygen atoms in total. The third-order valence-corrected chi connectivity index (χ3v) is 5.83. The predicted molar refractivity (Wildman–Crippen MR) is 131 cm³/mol. The molecule has 0 spiro atoms. The number of fused-ring (bicyclic) bond motifs is 1. The zero-order valence-electron chi connectivity index (χ0n) is 19.2. The molecule has 0 aliphatic carbocycles. The average molecular weight is 465 g/mol. The second-order valence-electron chi connectivity index (χ2n) is 8.27. The Kier molecular flexibility index (Phi) is 6.23. The van der Waals surface area contributed by atoms with Crippen molar-refractivity contribution in [1.82, 2.24) is 40.2 Å². The molecule has 0 fully saturated rings. The van der Waals surface area contributed by atoms with Crippen LogP contribution in [0.15, 0.2) is 91.8 Å². The average Bonchev–Trinajstić information content (AvgIpc) is 3.36. The fraction of sp³-hybridized carbons (Fsp3) is 0.154. The first-order chi connectivity index (χ1) is 17.1. The molecule has 0 saturated heterocycles. The second-order valence-corrected chi connectivity index (χ2v) is 8.27. The van der Waals surface area contributed by atoms with E-state index in [4.69, 9.17) is 4.98 Å². The van der Waals surface area contributed by atoms with E-state index in [1.807, 2.05) is 49.5 Å². The maximum atomic E-state index is 12.8. The first kappa shape index (κ1) is 22.3. The van der Waals surface area contributed by atoms with E-state index >= 15 is 0 Å². The molecule has 4 aromatic heterocycles. The molecule has 0 saturated carbocycles. The lowest BCUT2D eigenvalue weighted by Crippen LogP contribution is -2.48. The standard InChI is InChI=1S/C26H24N8O/c1-26(31-17-23-28-11-5-12-29-23,18-30-25(35)20-8-13-27-14-9-20)21-16-32-34-15-10-22(33-24(21)34)19-6-3-2-4-7-19/h2-16,31H,17-18H2,1H3,(H,30,35)/t26-/m1/s1. The van der Waals surface area contributed by atoms with Gasteiger partial charge in [0.15, 0.2) is 5.65 Å². The lowest BCUT2D eigenvalue weighted by molar-refractivity contribution is 0.0940.